The minimum Gasteiger partial charge on any atom is -0.360 e. The van der Waals surface area contributed by atoms with E-state index in [0.29, 0.717) is 12.3 Å². The van der Waals surface area contributed by atoms with Gasteiger partial charge in [-0.25, -0.2) is 0 Å². The number of nitrogens with zero attached hydrogens (tertiary/aromatic N) is 5. The summed E-state index contributed by atoms with van der Waals surface area (Å²) >= 11 is 1.59. The first-order chi connectivity index (χ1) is 12.8. The van der Waals surface area contributed by atoms with Gasteiger partial charge in [0.15, 0.2) is 11.0 Å². The molecule has 0 aliphatic rings. The normalized spacial score (nSPS) is 11.0. The summed E-state index contributed by atoms with van der Waals surface area (Å²) in [6.07, 6.45) is 3.53. The second-order valence-electron chi connectivity index (χ2n) is 5.84. The molecule has 7 heteroatoms. The third-order valence-corrected chi connectivity index (χ3v) is 4.85. The Morgan fingerprint density at radius 2 is 1.85 bits per heavy atom. The van der Waals surface area contributed by atoms with Crippen molar-refractivity contribution in [3.05, 3.63) is 77.9 Å². The topological polar surface area (TPSA) is 69.6 Å². The lowest BCUT2D eigenvalue weighted by Crippen LogP contribution is -2.04. The first-order valence-corrected chi connectivity index (χ1v) is 9.20. The van der Waals surface area contributed by atoms with Gasteiger partial charge in [-0.15, -0.1) is 10.2 Å². The van der Waals surface area contributed by atoms with Crippen LogP contribution >= 0.6 is 11.8 Å². The zero-order valence-corrected chi connectivity index (χ0v) is 15.1. The summed E-state index contributed by atoms with van der Waals surface area (Å²) in [7, 11) is 0. The molecule has 0 amide bonds. The Bertz CT molecular complexity index is 982. The molecule has 1 aromatic carbocycles. The molecule has 4 aromatic rings. The molecule has 3 aromatic heterocycles. The lowest BCUT2D eigenvalue weighted by atomic mass is 10.2. The van der Waals surface area contributed by atoms with E-state index < -0.39 is 0 Å². The summed E-state index contributed by atoms with van der Waals surface area (Å²) in [6, 6.07) is 16.1. The van der Waals surface area contributed by atoms with Crippen molar-refractivity contribution in [2.24, 2.45) is 0 Å². The molecule has 0 radical (unpaired) electrons. The number of rotatable bonds is 6. The summed E-state index contributed by atoms with van der Waals surface area (Å²) < 4.78 is 7.42. The van der Waals surface area contributed by atoms with Gasteiger partial charge >= 0.3 is 0 Å². The van der Waals surface area contributed by atoms with Crippen molar-refractivity contribution in [3.63, 3.8) is 0 Å². The number of hydrogen-bond donors (Lipinski definition) is 0. The van der Waals surface area contributed by atoms with Gasteiger partial charge in [0.25, 0.3) is 0 Å². The van der Waals surface area contributed by atoms with Crippen molar-refractivity contribution in [3.8, 4) is 11.4 Å². The van der Waals surface area contributed by atoms with E-state index in [1.807, 2.05) is 43.3 Å². The summed E-state index contributed by atoms with van der Waals surface area (Å²) in [4.78, 5) is 4.09. The highest BCUT2D eigenvalue weighted by molar-refractivity contribution is 7.98. The molecule has 0 aliphatic heterocycles. The van der Waals surface area contributed by atoms with Crippen LogP contribution in [0.15, 0.2) is 70.6 Å². The zero-order chi connectivity index (χ0) is 17.8. The highest BCUT2D eigenvalue weighted by atomic mass is 32.2. The first kappa shape index (κ1) is 16.5. The van der Waals surface area contributed by atoms with Gasteiger partial charge in [-0.3, -0.25) is 9.55 Å². The lowest BCUT2D eigenvalue weighted by molar-refractivity contribution is 0.391. The standard InChI is InChI=1S/C19H17N5OS/c1-14-11-17(25-23-14)13-26-19-22-21-18(16-7-9-20-10-8-16)24(19)12-15-5-3-2-4-6-15/h2-11H,12-13H2,1H3. The van der Waals surface area contributed by atoms with Crippen LogP contribution in [0, 0.1) is 6.92 Å². The molecule has 0 bridgehead atoms. The number of aromatic nitrogens is 5. The Balaban J connectivity index is 1.65. The van der Waals surface area contributed by atoms with Crippen LogP contribution in [-0.4, -0.2) is 24.9 Å². The SMILES string of the molecule is Cc1cc(CSc2nnc(-c3ccncc3)n2Cc2ccccc2)on1. The van der Waals surface area contributed by atoms with E-state index in [9.17, 15) is 0 Å². The van der Waals surface area contributed by atoms with Crippen LogP contribution in [0.4, 0.5) is 0 Å². The predicted octanol–water partition coefficient (Wildman–Crippen LogP) is 3.98. The molecule has 3 heterocycles. The van der Waals surface area contributed by atoms with E-state index in [2.05, 4.69) is 37.0 Å². The van der Waals surface area contributed by atoms with Gasteiger partial charge in [0.05, 0.1) is 18.0 Å². The van der Waals surface area contributed by atoms with Crippen LogP contribution in [0.25, 0.3) is 11.4 Å². The summed E-state index contributed by atoms with van der Waals surface area (Å²) in [5.41, 5.74) is 3.06. The molecule has 0 saturated heterocycles. The molecule has 6 nitrogen and oxygen atoms in total. The smallest absolute Gasteiger partial charge is 0.192 e. The maximum absolute atomic E-state index is 5.30. The Kier molecular flexibility index (Phi) is 4.79. The number of aryl methyl sites for hydroxylation is 1. The molecule has 0 fully saturated rings. The number of hydrogen-bond acceptors (Lipinski definition) is 6. The van der Waals surface area contributed by atoms with Crippen LogP contribution in [0.2, 0.25) is 0 Å². The number of thioether (sulfide) groups is 1. The third-order valence-electron chi connectivity index (χ3n) is 3.86. The second kappa shape index (κ2) is 7.53. The van der Waals surface area contributed by atoms with Crippen molar-refractivity contribution in [2.75, 3.05) is 0 Å². The minimum atomic E-state index is 0.657. The van der Waals surface area contributed by atoms with Gasteiger partial charge in [0, 0.05) is 24.0 Å². The van der Waals surface area contributed by atoms with Crippen LogP contribution in [0.3, 0.4) is 0 Å². The van der Waals surface area contributed by atoms with Gasteiger partial charge in [-0.1, -0.05) is 47.3 Å². The van der Waals surface area contributed by atoms with E-state index >= 15 is 0 Å². The second-order valence-corrected chi connectivity index (χ2v) is 6.78. The molecule has 0 saturated carbocycles. The van der Waals surface area contributed by atoms with Gasteiger partial charge in [0.1, 0.15) is 5.76 Å². The van der Waals surface area contributed by atoms with Crippen LogP contribution < -0.4 is 0 Å². The molecule has 0 N–H and O–H groups in total. The van der Waals surface area contributed by atoms with E-state index in [-0.39, 0.29) is 0 Å². The molecule has 0 spiro atoms. The molecule has 26 heavy (non-hydrogen) atoms. The quantitative estimate of drug-likeness (QED) is 0.483. The summed E-state index contributed by atoms with van der Waals surface area (Å²) in [6.45, 7) is 2.61. The zero-order valence-electron chi connectivity index (χ0n) is 14.2. The highest BCUT2D eigenvalue weighted by Gasteiger charge is 2.15. The van der Waals surface area contributed by atoms with Gasteiger partial charge in [-0.05, 0) is 24.6 Å². The average molecular weight is 363 g/mol. The molecule has 0 aliphatic carbocycles. The fourth-order valence-electron chi connectivity index (χ4n) is 2.64. The lowest BCUT2D eigenvalue weighted by Gasteiger charge is -2.10. The number of pyridine rings is 1. The van der Waals surface area contributed by atoms with E-state index in [4.69, 9.17) is 4.52 Å². The Labute approximate surface area is 155 Å². The maximum Gasteiger partial charge on any atom is 0.192 e. The van der Waals surface area contributed by atoms with Crippen molar-refractivity contribution < 1.29 is 4.52 Å². The fourth-order valence-corrected chi connectivity index (χ4v) is 3.45. The van der Waals surface area contributed by atoms with E-state index in [1.54, 1.807) is 24.2 Å². The Hall–Kier alpha value is -2.93. The average Bonchev–Trinajstić information content (AvgIpc) is 3.28. The maximum atomic E-state index is 5.30. The van der Waals surface area contributed by atoms with Crippen molar-refractivity contribution >= 4 is 11.8 Å². The van der Waals surface area contributed by atoms with E-state index in [0.717, 1.165) is 28.0 Å². The molecular formula is C19H17N5OS. The molecular weight excluding hydrogens is 346 g/mol. The largest absolute Gasteiger partial charge is 0.360 e. The third kappa shape index (κ3) is 3.67. The minimum absolute atomic E-state index is 0.657. The van der Waals surface area contributed by atoms with Crippen molar-refractivity contribution in [1.29, 1.82) is 0 Å². The predicted molar refractivity (Wildman–Crippen MR) is 99.6 cm³/mol. The van der Waals surface area contributed by atoms with Crippen LogP contribution in [0.5, 0.6) is 0 Å². The van der Waals surface area contributed by atoms with Crippen molar-refractivity contribution in [2.45, 2.75) is 24.4 Å². The monoisotopic (exact) mass is 363 g/mol. The summed E-state index contributed by atoms with van der Waals surface area (Å²) in [5, 5.41) is 13.6. The molecule has 0 atom stereocenters. The van der Waals surface area contributed by atoms with Gasteiger partial charge in [-0.2, -0.15) is 0 Å². The first-order valence-electron chi connectivity index (χ1n) is 8.22. The highest BCUT2D eigenvalue weighted by Crippen LogP contribution is 2.27. The molecule has 4 rings (SSSR count). The molecule has 130 valence electrons. The summed E-state index contributed by atoms with van der Waals surface area (Å²) in [5.74, 6) is 2.31. The molecule has 0 unspecified atom stereocenters. The van der Waals surface area contributed by atoms with E-state index in [1.165, 1.54) is 5.56 Å². The fraction of sp³-hybridized carbons (Fsp3) is 0.158. The van der Waals surface area contributed by atoms with Gasteiger partial charge < -0.3 is 4.52 Å². The van der Waals surface area contributed by atoms with Crippen LogP contribution in [0.1, 0.15) is 17.0 Å². The van der Waals surface area contributed by atoms with Crippen molar-refractivity contribution in [1.82, 2.24) is 24.9 Å². The Morgan fingerprint density at radius 1 is 1.04 bits per heavy atom. The Morgan fingerprint density at radius 3 is 2.58 bits per heavy atom. The number of benzene rings is 1. The van der Waals surface area contributed by atoms with Crippen LogP contribution in [-0.2, 0) is 12.3 Å². The van der Waals surface area contributed by atoms with Gasteiger partial charge in [0.2, 0.25) is 0 Å².